The molecule has 3 aromatic rings. The molecule has 1 saturated heterocycles. The molecule has 0 aliphatic carbocycles. The number of thiocarbonyl (C=S) groups is 1. The predicted molar refractivity (Wildman–Crippen MR) is 131 cm³/mol. The number of hydrogen-bond acceptors (Lipinski definition) is 5. The number of aryl methyl sites for hydroxylation is 1. The Hall–Kier alpha value is -3.10. The summed E-state index contributed by atoms with van der Waals surface area (Å²) in [6.45, 7) is 4.38. The van der Waals surface area contributed by atoms with Crippen molar-refractivity contribution in [3.05, 3.63) is 76.3 Å². The van der Waals surface area contributed by atoms with E-state index in [-0.39, 0.29) is 30.2 Å². The van der Waals surface area contributed by atoms with Crippen LogP contribution in [0, 0.1) is 13.8 Å². The summed E-state index contributed by atoms with van der Waals surface area (Å²) in [5.74, 6) is -0.163. The molecule has 1 aromatic carbocycles. The molecule has 2 atom stereocenters. The van der Waals surface area contributed by atoms with Crippen LogP contribution in [0.25, 0.3) is 5.69 Å². The lowest BCUT2D eigenvalue weighted by molar-refractivity contribution is -0.140. The number of methoxy groups -OCH3 is 1. The Morgan fingerprint density at radius 2 is 2.06 bits per heavy atom. The van der Waals surface area contributed by atoms with Gasteiger partial charge >= 0.3 is 5.97 Å². The van der Waals surface area contributed by atoms with E-state index < -0.39 is 0 Å². The number of pyridine rings is 1. The second kappa shape index (κ2) is 9.41. The third kappa shape index (κ3) is 4.41. The van der Waals surface area contributed by atoms with Gasteiger partial charge in [-0.2, -0.15) is 0 Å². The average Bonchev–Trinajstić information content (AvgIpc) is 3.29. The van der Waals surface area contributed by atoms with Crippen LogP contribution < -0.4 is 5.32 Å². The molecular weight excluding hydrogens is 460 g/mol. The minimum atomic E-state index is -0.299. The summed E-state index contributed by atoms with van der Waals surface area (Å²) >= 11 is 11.9. The summed E-state index contributed by atoms with van der Waals surface area (Å²) in [6.07, 6.45) is 1.96. The number of benzene rings is 1. The van der Waals surface area contributed by atoms with Gasteiger partial charge in [0.1, 0.15) is 5.75 Å². The number of esters is 1. The Kier molecular flexibility index (Phi) is 6.58. The second-order valence-corrected chi connectivity index (χ2v) is 8.76. The fourth-order valence-electron chi connectivity index (χ4n) is 4.43. The zero-order chi connectivity index (χ0) is 23.7. The van der Waals surface area contributed by atoms with Crippen molar-refractivity contribution < 1.29 is 14.6 Å². The molecule has 4 rings (SSSR count). The van der Waals surface area contributed by atoms with Crippen LogP contribution in [0.3, 0.4) is 0 Å². The van der Waals surface area contributed by atoms with Crippen molar-refractivity contribution in [2.45, 2.75) is 32.4 Å². The maximum absolute atomic E-state index is 11.9. The van der Waals surface area contributed by atoms with Crippen LogP contribution in [0.5, 0.6) is 5.75 Å². The third-order valence-corrected chi connectivity index (χ3v) is 6.54. The first-order valence-electron chi connectivity index (χ1n) is 10.5. The largest absolute Gasteiger partial charge is 0.506 e. The molecule has 2 aromatic heterocycles. The first-order valence-corrected chi connectivity index (χ1v) is 11.3. The highest BCUT2D eigenvalue weighted by atomic mass is 35.5. The summed E-state index contributed by atoms with van der Waals surface area (Å²) in [5.41, 5.74) is 4.34. The molecule has 0 radical (unpaired) electrons. The van der Waals surface area contributed by atoms with Gasteiger partial charge in [0.05, 0.1) is 37.0 Å². The highest BCUT2D eigenvalue weighted by molar-refractivity contribution is 7.80. The number of phenols is 1. The van der Waals surface area contributed by atoms with Gasteiger partial charge in [-0.3, -0.25) is 9.78 Å². The van der Waals surface area contributed by atoms with Gasteiger partial charge < -0.3 is 24.6 Å². The summed E-state index contributed by atoms with van der Waals surface area (Å²) in [7, 11) is 1.38. The van der Waals surface area contributed by atoms with E-state index in [1.54, 1.807) is 24.4 Å². The van der Waals surface area contributed by atoms with Gasteiger partial charge in [-0.25, -0.2) is 0 Å². The molecule has 3 heterocycles. The Balaban J connectivity index is 1.82. The second-order valence-electron chi connectivity index (χ2n) is 7.94. The molecule has 0 amide bonds. The van der Waals surface area contributed by atoms with E-state index in [2.05, 4.69) is 16.4 Å². The number of nitrogens with one attached hydrogen (secondary N) is 1. The Morgan fingerprint density at radius 1 is 1.27 bits per heavy atom. The predicted octanol–water partition coefficient (Wildman–Crippen LogP) is 4.38. The van der Waals surface area contributed by atoms with Gasteiger partial charge in [0.2, 0.25) is 0 Å². The van der Waals surface area contributed by atoms with Crippen molar-refractivity contribution in [2.24, 2.45) is 0 Å². The van der Waals surface area contributed by atoms with Gasteiger partial charge in [-0.15, -0.1) is 0 Å². The number of carbonyl (C=O) groups excluding carboxylic acids is 1. The smallest absolute Gasteiger partial charge is 0.307 e. The van der Waals surface area contributed by atoms with Crippen molar-refractivity contribution >= 4 is 34.9 Å². The first kappa shape index (κ1) is 23.1. The van der Waals surface area contributed by atoms with Gasteiger partial charge in [-0.05, 0) is 68.0 Å². The number of rotatable bonds is 6. The normalized spacial score (nSPS) is 17.8. The van der Waals surface area contributed by atoms with Gasteiger partial charge in [-0.1, -0.05) is 17.7 Å². The van der Waals surface area contributed by atoms with E-state index in [1.165, 1.54) is 7.11 Å². The number of hydrogen-bond donors (Lipinski definition) is 2. The highest BCUT2D eigenvalue weighted by Gasteiger charge is 2.41. The van der Waals surface area contributed by atoms with Crippen LogP contribution in [0.15, 0.2) is 48.7 Å². The fraction of sp³-hybridized carbons (Fsp3) is 0.292. The SMILES string of the molecule is COC(=O)CCN1C(=S)NC(c2ccccn2)C1c1cc(C)n(-c2cc(Cl)ccc2O)c1C. The van der Waals surface area contributed by atoms with E-state index in [0.29, 0.717) is 22.4 Å². The van der Waals surface area contributed by atoms with E-state index in [1.807, 2.05) is 41.5 Å². The lowest BCUT2D eigenvalue weighted by atomic mass is 9.96. The van der Waals surface area contributed by atoms with Crippen molar-refractivity contribution in [2.75, 3.05) is 13.7 Å². The first-order chi connectivity index (χ1) is 15.8. The molecule has 172 valence electrons. The van der Waals surface area contributed by atoms with Crippen LogP contribution in [-0.2, 0) is 9.53 Å². The zero-order valence-electron chi connectivity index (χ0n) is 18.6. The standard InChI is InChI=1S/C24H25ClN4O3S/c1-14-12-17(15(2)29(14)19-13-16(25)7-8-20(19)30)23-22(18-6-4-5-10-26-18)27-24(33)28(23)11-9-21(31)32-3/h4-8,10,12-13,22-23,30H,9,11H2,1-3H3,(H,27,33). The molecule has 2 unspecified atom stereocenters. The summed E-state index contributed by atoms with van der Waals surface area (Å²) in [4.78, 5) is 18.4. The Morgan fingerprint density at radius 3 is 2.76 bits per heavy atom. The van der Waals surface area contributed by atoms with E-state index in [0.717, 1.165) is 22.6 Å². The maximum atomic E-state index is 11.9. The van der Waals surface area contributed by atoms with Crippen molar-refractivity contribution in [3.63, 3.8) is 0 Å². The molecule has 1 aliphatic rings. The van der Waals surface area contributed by atoms with Crippen molar-refractivity contribution in [3.8, 4) is 11.4 Å². The molecule has 0 spiro atoms. The van der Waals surface area contributed by atoms with Crippen molar-refractivity contribution in [1.29, 1.82) is 0 Å². The number of aromatic hydroxyl groups is 1. The minimum absolute atomic E-state index is 0.136. The number of phenolic OH excluding ortho intramolecular Hbond substituents is 1. The lowest BCUT2D eigenvalue weighted by Crippen LogP contribution is -2.32. The number of carbonyl (C=O) groups is 1. The van der Waals surface area contributed by atoms with Gasteiger partial charge in [0.15, 0.2) is 5.11 Å². The number of ether oxygens (including phenoxy) is 1. The van der Waals surface area contributed by atoms with E-state index in [9.17, 15) is 9.90 Å². The van der Waals surface area contributed by atoms with Crippen LogP contribution in [0.2, 0.25) is 5.02 Å². The molecule has 1 fully saturated rings. The molecule has 7 nitrogen and oxygen atoms in total. The highest BCUT2D eigenvalue weighted by Crippen LogP contribution is 2.42. The quantitative estimate of drug-likeness (QED) is 0.397. The fourth-order valence-corrected chi connectivity index (χ4v) is 4.93. The van der Waals surface area contributed by atoms with E-state index in [4.69, 9.17) is 28.6 Å². The van der Waals surface area contributed by atoms with Crippen LogP contribution in [-0.4, -0.2) is 44.3 Å². The Labute approximate surface area is 203 Å². The van der Waals surface area contributed by atoms with Gasteiger partial charge in [0.25, 0.3) is 0 Å². The molecule has 0 bridgehead atoms. The average molecular weight is 485 g/mol. The third-order valence-electron chi connectivity index (χ3n) is 5.95. The van der Waals surface area contributed by atoms with Crippen molar-refractivity contribution in [1.82, 2.24) is 19.8 Å². The van der Waals surface area contributed by atoms with Crippen LogP contribution in [0.4, 0.5) is 0 Å². The monoisotopic (exact) mass is 484 g/mol. The lowest BCUT2D eigenvalue weighted by Gasteiger charge is -2.28. The van der Waals surface area contributed by atoms with Crippen LogP contribution in [0.1, 0.15) is 41.1 Å². The molecule has 0 saturated carbocycles. The summed E-state index contributed by atoms with van der Waals surface area (Å²) in [5, 5.41) is 15.0. The number of halogens is 1. The zero-order valence-corrected chi connectivity index (χ0v) is 20.2. The minimum Gasteiger partial charge on any atom is -0.506 e. The van der Waals surface area contributed by atoms with Gasteiger partial charge in [0, 0.05) is 29.2 Å². The van der Waals surface area contributed by atoms with E-state index >= 15 is 0 Å². The van der Waals surface area contributed by atoms with Crippen LogP contribution >= 0.6 is 23.8 Å². The molecule has 33 heavy (non-hydrogen) atoms. The molecule has 1 aliphatic heterocycles. The summed E-state index contributed by atoms with van der Waals surface area (Å²) in [6, 6.07) is 12.4. The number of nitrogens with zero attached hydrogens (tertiary/aromatic N) is 3. The molecule has 2 N–H and O–H groups in total. The molecular formula is C24H25ClN4O3S. The molecule has 9 heteroatoms. The summed E-state index contributed by atoms with van der Waals surface area (Å²) < 4.78 is 6.82. The topological polar surface area (TPSA) is 79.6 Å². The Bertz CT molecular complexity index is 1200. The maximum Gasteiger partial charge on any atom is 0.307 e. The number of aromatic nitrogens is 2.